The van der Waals surface area contributed by atoms with Crippen molar-refractivity contribution in [1.29, 1.82) is 0 Å². The van der Waals surface area contributed by atoms with Crippen LogP contribution in [0.25, 0.3) is 0 Å². The van der Waals surface area contributed by atoms with E-state index in [4.69, 9.17) is 19.0 Å². The molecule has 37 heteroatoms. The van der Waals surface area contributed by atoms with E-state index in [1.54, 1.807) is 37.3 Å². The van der Waals surface area contributed by atoms with Gasteiger partial charge in [-0.1, -0.05) is 106 Å². The summed E-state index contributed by atoms with van der Waals surface area (Å²) in [7, 11) is -3.13. The van der Waals surface area contributed by atoms with Gasteiger partial charge in [0, 0.05) is 149 Å². The highest BCUT2D eigenvalue weighted by Gasteiger charge is 2.45. The Bertz CT molecular complexity index is 4970. The number of aliphatic carboxylic acids is 5. The number of rotatable bonds is 62. The first-order valence-electron chi connectivity index (χ1n) is 45.7. The number of aryl methyl sites for hydroxylation is 1. The minimum absolute atomic E-state index is 0.0117. The zero-order chi connectivity index (χ0) is 99.2. The third kappa shape index (κ3) is 35.8. The molecule has 8 atom stereocenters. The molecule has 134 heavy (non-hydrogen) atoms. The number of benzene rings is 3. The number of fused-ring (bicyclic) bond motifs is 2. The minimum Gasteiger partial charge on any atom is -0.481 e. The third-order valence-electron chi connectivity index (χ3n) is 23.8. The van der Waals surface area contributed by atoms with Crippen LogP contribution in [0.4, 0.5) is 16.2 Å². The van der Waals surface area contributed by atoms with Crippen LogP contribution in [0.2, 0.25) is 0 Å². The monoisotopic (exact) mass is 1890 g/mol. The predicted octanol–water partition coefficient (Wildman–Crippen LogP) is 10.3. The molecule has 36 nitrogen and oxygen atoms in total. The van der Waals surface area contributed by atoms with Crippen molar-refractivity contribution in [2.24, 2.45) is 28.8 Å². The van der Waals surface area contributed by atoms with Crippen LogP contribution in [0.1, 0.15) is 231 Å². The Morgan fingerprint density at radius 1 is 0.604 bits per heavy atom. The molecule has 0 radical (unpaired) electrons. The van der Waals surface area contributed by atoms with Crippen molar-refractivity contribution in [3.8, 4) is 0 Å². The van der Waals surface area contributed by atoms with E-state index in [9.17, 15) is 110 Å². The first-order chi connectivity index (χ1) is 63.4. The van der Waals surface area contributed by atoms with Gasteiger partial charge in [0.15, 0.2) is 23.1 Å². The fraction of sp³-hybridized carbons (Fsp3) is 0.557. The Balaban J connectivity index is 1.15. The number of amides is 6. The van der Waals surface area contributed by atoms with Gasteiger partial charge in [0.1, 0.15) is 38.2 Å². The molecule has 0 spiro atoms. The topological polar surface area (TPSA) is 530 Å². The highest BCUT2D eigenvalue weighted by atomic mass is 32.2. The molecule has 1 fully saturated rings. The van der Waals surface area contributed by atoms with Crippen molar-refractivity contribution >= 4 is 122 Å². The van der Waals surface area contributed by atoms with Crippen molar-refractivity contribution in [2.45, 2.75) is 263 Å². The van der Waals surface area contributed by atoms with E-state index in [2.05, 4.69) is 88.3 Å². The maximum atomic E-state index is 14.7. The van der Waals surface area contributed by atoms with E-state index in [1.807, 2.05) is 76.0 Å². The number of alkyl carbamates (subject to hydrolysis) is 1. The van der Waals surface area contributed by atoms with E-state index in [0.29, 0.717) is 72.8 Å². The molecule has 3 aliphatic rings. The molecule has 3 heterocycles. The lowest BCUT2D eigenvalue weighted by Crippen LogP contribution is -2.49. The molecule has 1 saturated heterocycles. The van der Waals surface area contributed by atoms with Gasteiger partial charge in [-0.2, -0.15) is 13.0 Å². The predicted molar refractivity (Wildman–Crippen MR) is 496 cm³/mol. The fourth-order valence-corrected chi connectivity index (χ4v) is 17.2. The number of allylic oxidation sites excluding steroid dienone is 8. The first-order valence-corrected chi connectivity index (χ1v) is 47.1. The number of nitrogens with one attached hydrogen (secondary N) is 5. The Morgan fingerprint density at radius 2 is 1.17 bits per heavy atom. The fourth-order valence-electron chi connectivity index (χ4n) is 16.7. The average molecular weight is 1890 g/mol. The van der Waals surface area contributed by atoms with Gasteiger partial charge in [-0.25, -0.2) is 4.79 Å². The molecule has 3 aliphatic heterocycles. The van der Waals surface area contributed by atoms with Crippen LogP contribution < -0.4 is 31.5 Å². The number of nitrogens with zero attached hydrogens (tertiary/aromatic N) is 4. The zero-order valence-corrected chi connectivity index (χ0v) is 79.4. The van der Waals surface area contributed by atoms with Crippen LogP contribution in [0, 0.1) is 30.6 Å². The number of unbranched alkanes of at least 4 members (excludes halogenated alkanes) is 2. The number of hydrogen-bond acceptors (Lipinski definition) is 23. The summed E-state index contributed by atoms with van der Waals surface area (Å²) in [6.07, 6.45) is 6.20. The summed E-state index contributed by atoms with van der Waals surface area (Å²) in [4.78, 5) is 209. The largest absolute Gasteiger partial charge is 0.481 e. The summed E-state index contributed by atoms with van der Waals surface area (Å²) in [6.45, 7) is 21.3. The quantitative estimate of drug-likeness (QED) is 0.00624. The Labute approximate surface area is 782 Å². The molecule has 0 aliphatic carbocycles. The van der Waals surface area contributed by atoms with Gasteiger partial charge < -0.3 is 81.0 Å². The number of carboxylic acid groups (broad SMARTS) is 5. The van der Waals surface area contributed by atoms with Crippen molar-refractivity contribution < 1.29 is 134 Å². The lowest BCUT2D eigenvalue weighted by molar-refractivity contribution is -0.433. The molecule has 6 rings (SSSR count). The number of Topliss-reactive ketones (excluding diaryl/α,β-unsaturated/α-hetero) is 4. The lowest BCUT2D eigenvalue weighted by Gasteiger charge is -2.27. The number of methoxy groups -OCH3 is 1. The van der Waals surface area contributed by atoms with E-state index >= 15 is 0 Å². The second-order valence-corrected chi connectivity index (χ2v) is 37.0. The molecule has 0 saturated carbocycles. The number of ether oxygens (including phenoxy) is 3. The lowest BCUT2D eigenvalue weighted by atomic mass is 9.81. The van der Waals surface area contributed by atoms with Crippen molar-refractivity contribution in [3.05, 3.63) is 137 Å². The molecule has 11 N–H and O–H groups in total. The van der Waals surface area contributed by atoms with Gasteiger partial charge in [-0.3, -0.25) is 71.7 Å². The van der Waals surface area contributed by atoms with Crippen LogP contribution in [0.3, 0.4) is 0 Å². The summed E-state index contributed by atoms with van der Waals surface area (Å²) in [5.74, 6) is -18.7. The van der Waals surface area contributed by atoms with Crippen LogP contribution in [-0.4, -0.2) is 245 Å². The van der Waals surface area contributed by atoms with E-state index < -0.39 is 230 Å². The summed E-state index contributed by atoms with van der Waals surface area (Å²) in [5.41, 5.74) is 7.33. The molecule has 3 aromatic rings. The van der Waals surface area contributed by atoms with Crippen molar-refractivity contribution in [1.82, 2.24) is 31.5 Å². The number of ketones is 4. The van der Waals surface area contributed by atoms with Gasteiger partial charge >= 0.3 is 35.9 Å². The number of carbonyl (C=O) groups excluding carboxylic acids is 10. The van der Waals surface area contributed by atoms with Gasteiger partial charge in [-0.15, -0.1) is 0 Å². The maximum absolute atomic E-state index is 14.7. The van der Waals surface area contributed by atoms with Gasteiger partial charge in [0.05, 0.1) is 47.3 Å². The summed E-state index contributed by atoms with van der Waals surface area (Å²) >= 11 is 0. The Kier molecular flexibility index (Phi) is 45.0. The van der Waals surface area contributed by atoms with E-state index in [1.165, 1.54) is 41.0 Å². The highest BCUT2D eigenvalue weighted by Crippen LogP contribution is 2.49. The second-order valence-electron chi connectivity index (χ2n) is 35.6. The maximum Gasteiger partial charge on any atom is 0.407 e. The normalized spacial score (nSPS) is 16.5. The summed E-state index contributed by atoms with van der Waals surface area (Å²) < 4.78 is 52.8. The number of likely N-dealkylation sites (tertiary alicyclic amines) is 1. The first kappa shape index (κ1) is 111. The molecular weight excluding hydrogens is 1760 g/mol. The number of oxime groups is 1. The minimum atomic E-state index is -4.59. The second kappa shape index (κ2) is 54.4. The molecule has 0 unspecified atom stereocenters. The smallest absolute Gasteiger partial charge is 0.407 e. The van der Waals surface area contributed by atoms with Crippen molar-refractivity contribution in [3.63, 3.8) is 0 Å². The molecule has 6 amide bonds. The van der Waals surface area contributed by atoms with Crippen molar-refractivity contribution in [2.75, 3.05) is 71.2 Å². The van der Waals surface area contributed by atoms with Crippen LogP contribution in [0.5, 0.6) is 0 Å². The zero-order valence-electron chi connectivity index (χ0n) is 78.6. The van der Waals surface area contributed by atoms with E-state index in [0.717, 1.165) is 24.4 Å². The average Bonchev–Trinajstić information content (AvgIpc) is 1.52. The van der Waals surface area contributed by atoms with Gasteiger partial charge in [-0.05, 0) is 172 Å². The van der Waals surface area contributed by atoms with Crippen LogP contribution in [-0.2, 0) is 114 Å². The third-order valence-corrected chi connectivity index (χ3v) is 24.7. The summed E-state index contributed by atoms with van der Waals surface area (Å²) in [5, 5.41) is 66.5. The molecular formula is C97H134N9O27S+. The number of hydrogen-bond donors (Lipinski definition) is 11. The van der Waals surface area contributed by atoms with Crippen LogP contribution in [0.15, 0.2) is 119 Å². The molecule has 0 bridgehead atoms. The van der Waals surface area contributed by atoms with Crippen LogP contribution >= 0.6 is 0 Å². The summed E-state index contributed by atoms with van der Waals surface area (Å²) in [6, 6.07) is 11.6. The standard InChI is InChI=1S/C97H133N9O27S/c1-12-104-77-39-28-62(4)54-72(77)96(7,8)83(104)26-18-14-13-15-19-27-84-97(9,10)73-59-71(134(127,128)129)36-40-78(73)105(84)47-20-16-17-23-70(107)56-67(33-41-86(112)113)91(122)100-74(37-44-89(118)119)81(109)57-68(34-42-87(114)115)92(123)101-75(38-45-90(120)121)82(110)58-69(35-43-88(116)117)93(124)102-76(55-65-29-31-66(32-30-65)64(6)103-133-50-46-98-95(126)132-52-51-130-11)80(108)25-22-49-131-60-85(111)106-48-21-24-79(106)94(125)99-63(5)53-61(2)3/h13-15,18-19,26-32,36,39-40,54,59,61,63,67-69,74-76,79H,12,16-17,20-25,33-35,37-38,41-53,55-58,60H2,1-11H3,(H10-,98,99,100,101,102,112,113,114,115,116,117,118,119,120,121,122,123,124,125,126,127,128,129)/p+1/b103-64+/t63-,67-,68-,69-,74+,75+,76+,79+/m1/s1. The van der Waals surface area contributed by atoms with E-state index in [-0.39, 0.29) is 87.3 Å². The number of carbonyl (C=O) groups is 15. The van der Waals surface area contributed by atoms with Gasteiger partial charge in [0.25, 0.3) is 10.1 Å². The van der Waals surface area contributed by atoms with Gasteiger partial charge in [0.2, 0.25) is 35.2 Å². The Hall–Kier alpha value is -12.0. The molecule has 734 valence electrons. The Morgan fingerprint density at radius 3 is 1.74 bits per heavy atom. The number of carboxylic acids is 5. The molecule has 0 aromatic heterocycles. The highest BCUT2D eigenvalue weighted by molar-refractivity contribution is 7.85. The molecule has 3 aromatic carbocycles. The number of anilines is 1. The SMILES string of the molecule is CC[N+]1=C(/C=C/C=C/C=C/C=C2/N(CCCCCC(=O)C[C@@H](CCC(=O)O)C(=O)N[C@@H](CCC(=O)O)C(=O)C[C@@H](CCC(=O)O)C(=O)N[C@@H](CCC(=O)O)C(=O)C[C@@H](CCC(=O)O)C(=O)N[C@@H](Cc3ccc(/C(C)=N/OCCNC(=O)OCCOC)cc3)C(=O)CCCOCC(=O)N3CCC[C@H]3C(=O)N[C@H](C)CC(C)C)c3ccc(S(=O)(=O)O)cc3C2(C)C)C(C)(C)c2cc(C)ccc21.